The van der Waals surface area contributed by atoms with Crippen LogP contribution in [0.2, 0.25) is 0 Å². The van der Waals surface area contributed by atoms with Gasteiger partial charge >= 0.3 is 0 Å². The van der Waals surface area contributed by atoms with Crippen LogP contribution in [0.15, 0.2) is 66.7 Å². The van der Waals surface area contributed by atoms with Crippen LogP contribution in [0.3, 0.4) is 0 Å². The Balaban J connectivity index is 1.72. The summed E-state index contributed by atoms with van der Waals surface area (Å²) in [6, 6.07) is 22.7. The molecule has 2 N–H and O–H groups in total. The average molecular weight is 362 g/mol. The maximum absolute atomic E-state index is 12.7. The third kappa shape index (κ3) is 4.47. The van der Waals surface area contributed by atoms with Crippen molar-refractivity contribution in [3.63, 3.8) is 0 Å². The minimum Gasteiger partial charge on any atom is -0.378 e. The van der Waals surface area contributed by atoms with Gasteiger partial charge < -0.3 is 15.1 Å². The molecule has 0 saturated heterocycles. The fourth-order valence-corrected chi connectivity index (χ4v) is 3.29. The molecule has 0 aromatic heterocycles. The SMILES string of the molecule is CN(C)c1ccc([C@H](CNC(=O)c2ccc3ccccc3c2)[NH+](C)C)cc1. The number of fused-ring (bicyclic) bond motifs is 1. The van der Waals surface area contributed by atoms with Crippen molar-refractivity contribution in [2.45, 2.75) is 6.04 Å². The first-order chi connectivity index (χ1) is 13.0. The van der Waals surface area contributed by atoms with Gasteiger partial charge in [-0.15, -0.1) is 0 Å². The molecule has 0 spiro atoms. The molecule has 1 atom stereocenters. The number of likely N-dealkylation sites (N-methyl/N-ethyl adjacent to an activating group) is 1. The number of rotatable bonds is 6. The summed E-state index contributed by atoms with van der Waals surface area (Å²) >= 11 is 0. The van der Waals surface area contributed by atoms with Crippen molar-refractivity contribution in [1.82, 2.24) is 5.32 Å². The molecule has 0 saturated carbocycles. The van der Waals surface area contributed by atoms with Crippen LogP contribution in [0, 0.1) is 0 Å². The summed E-state index contributed by atoms with van der Waals surface area (Å²) in [6.07, 6.45) is 0. The van der Waals surface area contributed by atoms with Crippen molar-refractivity contribution < 1.29 is 9.69 Å². The van der Waals surface area contributed by atoms with Crippen molar-refractivity contribution in [2.75, 3.05) is 39.6 Å². The highest BCUT2D eigenvalue weighted by Gasteiger charge is 2.19. The van der Waals surface area contributed by atoms with Gasteiger partial charge in [-0.25, -0.2) is 0 Å². The second-order valence-electron chi connectivity index (χ2n) is 7.39. The van der Waals surface area contributed by atoms with Gasteiger partial charge in [0, 0.05) is 30.9 Å². The fraction of sp³-hybridized carbons (Fsp3) is 0.261. The second-order valence-corrected chi connectivity index (χ2v) is 7.39. The Kier molecular flexibility index (Phi) is 5.77. The number of hydrogen-bond donors (Lipinski definition) is 2. The maximum Gasteiger partial charge on any atom is 0.251 e. The number of hydrogen-bond acceptors (Lipinski definition) is 2. The van der Waals surface area contributed by atoms with Crippen LogP contribution in [-0.2, 0) is 0 Å². The Hall–Kier alpha value is -2.85. The minimum atomic E-state index is -0.0306. The maximum atomic E-state index is 12.7. The molecule has 140 valence electrons. The molecule has 0 aliphatic heterocycles. The Morgan fingerprint density at radius 3 is 2.26 bits per heavy atom. The minimum absolute atomic E-state index is 0.0306. The molecule has 4 heteroatoms. The molecule has 27 heavy (non-hydrogen) atoms. The van der Waals surface area contributed by atoms with Crippen LogP contribution in [0.1, 0.15) is 22.0 Å². The Morgan fingerprint density at radius 2 is 1.63 bits per heavy atom. The van der Waals surface area contributed by atoms with E-state index < -0.39 is 0 Å². The van der Waals surface area contributed by atoms with Gasteiger partial charge in [0.1, 0.15) is 6.04 Å². The number of anilines is 1. The number of carbonyl (C=O) groups is 1. The Bertz CT molecular complexity index is 916. The molecule has 0 aliphatic rings. The lowest BCUT2D eigenvalue weighted by atomic mass is 10.0. The monoisotopic (exact) mass is 362 g/mol. The summed E-state index contributed by atoms with van der Waals surface area (Å²) in [5, 5.41) is 5.34. The van der Waals surface area contributed by atoms with E-state index in [1.807, 2.05) is 50.5 Å². The van der Waals surface area contributed by atoms with Crippen molar-refractivity contribution >= 4 is 22.4 Å². The van der Waals surface area contributed by atoms with E-state index in [4.69, 9.17) is 0 Å². The highest BCUT2D eigenvalue weighted by Crippen LogP contribution is 2.17. The first kappa shape index (κ1) is 18.9. The molecule has 4 nitrogen and oxygen atoms in total. The molecular weight excluding hydrogens is 334 g/mol. The smallest absolute Gasteiger partial charge is 0.251 e. The molecule has 3 rings (SSSR count). The molecular formula is C23H28N3O+. The van der Waals surface area contributed by atoms with Crippen LogP contribution in [0.25, 0.3) is 10.8 Å². The lowest BCUT2D eigenvalue weighted by Gasteiger charge is -2.23. The number of carbonyl (C=O) groups excluding carboxylic acids is 1. The van der Waals surface area contributed by atoms with E-state index in [-0.39, 0.29) is 11.9 Å². The van der Waals surface area contributed by atoms with E-state index in [1.54, 1.807) is 0 Å². The van der Waals surface area contributed by atoms with Gasteiger partial charge in [-0.1, -0.05) is 42.5 Å². The summed E-state index contributed by atoms with van der Waals surface area (Å²) < 4.78 is 0. The molecule has 3 aromatic rings. The molecule has 0 fully saturated rings. The van der Waals surface area contributed by atoms with E-state index in [1.165, 1.54) is 16.2 Å². The van der Waals surface area contributed by atoms with Crippen LogP contribution in [0.5, 0.6) is 0 Å². The van der Waals surface area contributed by atoms with Crippen LogP contribution in [-0.4, -0.2) is 40.6 Å². The second kappa shape index (κ2) is 8.23. The molecule has 0 bridgehead atoms. The summed E-state index contributed by atoms with van der Waals surface area (Å²) in [5.74, 6) is -0.0306. The molecule has 0 heterocycles. The molecule has 3 aromatic carbocycles. The molecule has 0 aliphatic carbocycles. The van der Waals surface area contributed by atoms with Gasteiger partial charge in [-0.05, 0) is 35.0 Å². The number of amides is 1. The normalized spacial score (nSPS) is 12.2. The van der Waals surface area contributed by atoms with Crippen molar-refractivity contribution in [2.24, 2.45) is 0 Å². The van der Waals surface area contributed by atoms with Gasteiger partial charge in [-0.2, -0.15) is 0 Å². The van der Waals surface area contributed by atoms with Crippen LogP contribution in [0.4, 0.5) is 5.69 Å². The summed E-state index contributed by atoms with van der Waals surface area (Å²) in [4.78, 5) is 16.0. The number of benzene rings is 3. The van der Waals surface area contributed by atoms with Gasteiger partial charge in [0.05, 0.1) is 20.6 Å². The average Bonchev–Trinajstić information content (AvgIpc) is 2.67. The predicted octanol–water partition coefficient (Wildman–Crippen LogP) is 2.52. The van der Waals surface area contributed by atoms with Gasteiger partial charge in [0.2, 0.25) is 0 Å². The third-order valence-electron chi connectivity index (χ3n) is 4.99. The standard InChI is InChI=1S/C23H27N3O/c1-25(2)21-13-11-18(12-14-21)22(26(3)4)16-24-23(27)20-10-9-17-7-5-6-8-19(17)15-20/h5-15,22H,16H2,1-4H3,(H,24,27)/p+1/t22-/m0/s1. The number of nitrogens with one attached hydrogen (secondary N) is 2. The lowest BCUT2D eigenvalue weighted by Crippen LogP contribution is -3.07. The van der Waals surface area contributed by atoms with E-state index in [9.17, 15) is 4.79 Å². The highest BCUT2D eigenvalue weighted by atomic mass is 16.1. The zero-order valence-electron chi connectivity index (χ0n) is 16.5. The van der Waals surface area contributed by atoms with Crippen LogP contribution >= 0.6 is 0 Å². The zero-order valence-corrected chi connectivity index (χ0v) is 16.5. The van der Waals surface area contributed by atoms with E-state index >= 15 is 0 Å². The summed E-state index contributed by atoms with van der Waals surface area (Å²) in [6.45, 7) is 0.593. The highest BCUT2D eigenvalue weighted by molar-refractivity contribution is 5.98. The van der Waals surface area contributed by atoms with Gasteiger partial charge in [0.15, 0.2) is 0 Å². The summed E-state index contributed by atoms with van der Waals surface area (Å²) in [7, 11) is 8.31. The van der Waals surface area contributed by atoms with Crippen molar-refractivity contribution in [3.05, 3.63) is 77.9 Å². The molecule has 0 radical (unpaired) electrons. The van der Waals surface area contributed by atoms with Crippen molar-refractivity contribution in [3.8, 4) is 0 Å². The topological polar surface area (TPSA) is 36.8 Å². The zero-order chi connectivity index (χ0) is 19.4. The van der Waals surface area contributed by atoms with E-state index in [0.29, 0.717) is 12.1 Å². The van der Waals surface area contributed by atoms with Crippen LogP contribution < -0.4 is 15.1 Å². The first-order valence-electron chi connectivity index (χ1n) is 9.30. The lowest BCUT2D eigenvalue weighted by molar-refractivity contribution is -0.890. The fourth-order valence-electron chi connectivity index (χ4n) is 3.29. The Labute approximate surface area is 161 Å². The van der Waals surface area contributed by atoms with Gasteiger partial charge in [-0.3, -0.25) is 4.79 Å². The van der Waals surface area contributed by atoms with Crippen molar-refractivity contribution in [1.29, 1.82) is 0 Å². The molecule has 1 amide bonds. The first-order valence-corrected chi connectivity index (χ1v) is 9.30. The predicted molar refractivity (Wildman–Crippen MR) is 113 cm³/mol. The quantitative estimate of drug-likeness (QED) is 0.707. The van der Waals surface area contributed by atoms with Gasteiger partial charge in [0.25, 0.3) is 5.91 Å². The summed E-state index contributed by atoms with van der Waals surface area (Å²) in [5.41, 5.74) is 3.09. The van der Waals surface area contributed by atoms with E-state index in [0.717, 1.165) is 10.8 Å². The number of nitrogens with zero attached hydrogens (tertiary/aromatic N) is 1. The largest absolute Gasteiger partial charge is 0.378 e. The Morgan fingerprint density at radius 1 is 0.963 bits per heavy atom. The molecule has 0 unspecified atom stereocenters. The number of quaternary nitrogens is 1. The third-order valence-corrected chi connectivity index (χ3v) is 4.99. The van der Waals surface area contributed by atoms with E-state index in [2.05, 4.69) is 54.6 Å².